The lowest BCUT2D eigenvalue weighted by Crippen LogP contribution is -2.32. The van der Waals surface area contributed by atoms with Crippen molar-refractivity contribution in [2.45, 2.75) is 26.8 Å². The fourth-order valence-electron chi connectivity index (χ4n) is 3.84. The first-order valence-electron chi connectivity index (χ1n) is 10.3. The second-order valence-corrected chi connectivity index (χ2v) is 8.72. The van der Waals surface area contributed by atoms with Crippen LogP contribution in [0.1, 0.15) is 27.9 Å². The molecule has 7 heteroatoms. The summed E-state index contributed by atoms with van der Waals surface area (Å²) in [6.45, 7) is 5.55. The van der Waals surface area contributed by atoms with E-state index in [0.717, 1.165) is 44.8 Å². The number of nitrogens with one attached hydrogen (secondary N) is 1. The number of H-pyrrole nitrogens is 1. The van der Waals surface area contributed by atoms with E-state index >= 15 is 0 Å². The summed E-state index contributed by atoms with van der Waals surface area (Å²) >= 11 is 1.57. The van der Waals surface area contributed by atoms with E-state index in [9.17, 15) is 4.79 Å². The van der Waals surface area contributed by atoms with Crippen LogP contribution in [-0.4, -0.2) is 32.0 Å². The predicted molar refractivity (Wildman–Crippen MR) is 126 cm³/mol. The summed E-state index contributed by atoms with van der Waals surface area (Å²) in [6.07, 6.45) is 8.12. The lowest BCUT2D eigenvalue weighted by atomic mass is 10.1. The molecule has 0 aliphatic carbocycles. The minimum absolute atomic E-state index is 0.0310. The summed E-state index contributed by atoms with van der Waals surface area (Å²) in [4.78, 5) is 27.7. The number of thiazole rings is 1. The molecule has 6 nitrogen and oxygen atoms in total. The molecule has 0 radical (unpaired) electrons. The highest BCUT2D eigenvalue weighted by molar-refractivity contribution is 7.22. The van der Waals surface area contributed by atoms with Crippen LogP contribution in [0.5, 0.6) is 0 Å². The van der Waals surface area contributed by atoms with E-state index in [1.54, 1.807) is 30.1 Å². The zero-order chi connectivity index (χ0) is 21.4. The first kappa shape index (κ1) is 19.5. The summed E-state index contributed by atoms with van der Waals surface area (Å²) < 4.78 is 3.13. The Morgan fingerprint density at radius 2 is 2.06 bits per heavy atom. The molecule has 31 heavy (non-hydrogen) atoms. The van der Waals surface area contributed by atoms with Crippen molar-refractivity contribution < 1.29 is 4.79 Å². The van der Waals surface area contributed by atoms with E-state index in [-0.39, 0.29) is 5.91 Å². The number of aryl methyl sites for hydroxylation is 3. The van der Waals surface area contributed by atoms with E-state index in [4.69, 9.17) is 4.98 Å². The van der Waals surface area contributed by atoms with Gasteiger partial charge in [-0.25, -0.2) is 9.97 Å². The van der Waals surface area contributed by atoms with E-state index in [1.165, 1.54) is 5.56 Å². The largest absolute Gasteiger partial charge is 0.360 e. The first-order chi connectivity index (χ1) is 15.1. The van der Waals surface area contributed by atoms with Gasteiger partial charge in [-0.05, 0) is 43.5 Å². The van der Waals surface area contributed by atoms with Crippen LogP contribution in [0.3, 0.4) is 0 Å². The van der Waals surface area contributed by atoms with Crippen molar-refractivity contribution >= 4 is 43.5 Å². The van der Waals surface area contributed by atoms with Gasteiger partial charge in [-0.2, -0.15) is 0 Å². The highest BCUT2D eigenvalue weighted by Gasteiger charge is 2.24. The monoisotopic (exact) mass is 429 g/mol. The number of carbonyl (C=O) groups is 1. The topological polar surface area (TPSA) is 66.8 Å². The molecule has 156 valence electrons. The van der Waals surface area contributed by atoms with Gasteiger partial charge >= 0.3 is 0 Å². The fraction of sp³-hybridized carbons (Fsp3) is 0.208. The van der Waals surface area contributed by atoms with Crippen molar-refractivity contribution in [3.05, 3.63) is 78.0 Å². The van der Waals surface area contributed by atoms with Gasteiger partial charge in [0.15, 0.2) is 5.13 Å². The van der Waals surface area contributed by atoms with Crippen molar-refractivity contribution in [2.24, 2.45) is 0 Å². The molecule has 1 amide bonds. The average Bonchev–Trinajstić information content (AvgIpc) is 3.53. The van der Waals surface area contributed by atoms with Crippen molar-refractivity contribution in [1.82, 2.24) is 19.5 Å². The van der Waals surface area contributed by atoms with Gasteiger partial charge in [-0.15, -0.1) is 0 Å². The summed E-state index contributed by atoms with van der Waals surface area (Å²) in [6, 6.07) is 12.1. The van der Waals surface area contributed by atoms with E-state index in [1.807, 2.05) is 39.9 Å². The molecule has 0 bridgehead atoms. The number of hydrogen-bond acceptors (Lipinski definition) is 4. The number of amides is 1. The molecule has 5 aromatic rings. The second-order valence-electron chi connectivity index (χ2n) is 7.71. The van der Waals surface area contributed by atoms with Crippen LogP contribution in [0, 0.1) is 13.8 Å². The number of anilines is 1. The number of benzene rings is 2. The van der Waals surface area contributed by atoms with Crippen LogP contribution in [-0.2, 0) is 6.54 Å². The molecule has 3 heterocycles. The molecule has 5 rings (SSSR count). The van der Waals surface area contributed by atoms with E-state index in [2.05, 4.69) is 35.9 Å². The smallest absolute Gasteiger partial charge is 0.262 e. The van der Waals surface area contributed by atoms with Gasteiger partial charge in [0.1, 0.15) is 0 Å². The fourth-order valence-corrected chi connectivity index (χ4v) is 4.89. The number of carbonyl (C=O) groups excluding carboxylic acids is 1. The quantitative estimate of drug-likeness (QED) is 0.397. The average molecular weight is 430 g/mol. The van der Waals surface area contributed by atoms with Crippen molar-refractivity contribution in [1.29, 1.82) is 0 Å². The van der Waals surface area contributed by atoms with Crippen LogP contribution in [0.4, 0.5) is 5.13 Å². The SMILES string of the molecule is Cc1ccc2sc(N(CCCn3ccnc3)C(=O)c3c[nH]c4ccccc34)nc2c1C. The number of nitrogens with zero attached hydrogens (tertiary/aromatic N) is 4. The molecule has 2 aromatic carbocycles. The third-order valence-corrected chi connectivity index (χ3v) is 6.77. The van der Waals surface area contributed by atoms with Gasteiger partial charge in [0, 0.05) is 42.6 Å². The molecule has 1 N–H and O–H groups in total. The molecule has 0 aliphatic heterocycles. The van der Waals surface area contributed by atoms with Gasteiger partial charge in [0.05, 0.1) is 22.1 Å². The maximum Gasteiger partial charge on any atom is 0.262 e. The molecular weight excluding hydrogens is 406 g/mol. The van der Waals surface area contributed by atoms with Gasteiger partial charge in [0.25, 0.3) is 5.91 Å². The number of hydrogen-bond donors (Lipinski definition) is 1. The Bertz CT molecular complexity index is 1370. The highest BCUT2D eigenvalue weighted by Crippen LogP contribution is 2.33. The van der Waals surface area contributed by atoms with Crippen LogP contribution >= 0.6 is 11.3 Å². The molecule has 0 saturated carbocycles. The summed E-state index contributed by atoms with van der Waals surface area (Å²) in [5, 5.41) is 1.67. The zero-order valence-corrected chi connectivity index (χ0v) is 18.3. The highest BCUT2D eigenvalue weighted by atomic mass is 32.1. The summed E-state index contributed by atoms with van der Waals surface area (Å²) in [5.74, 6) is -0.0310. The zero-order valence-electron chi connectivity index (χ0n) is 17.5. The Hall–Kier alpha value is -3.45. The summed E-state index contributed by atoms with van der Waals surface area (Å²) in [5.41, 5.74) is 4.98. The van der Waals surface area contributed by atoms with Gasteiger partial charge in [-0.1, -0.05) is 35.6 Å². The van der Waals surface area contributed by atoms with Crippen LogP contribution in [0.25, 0.3) is 21.1 Å². The Balaban J connectivity index is 1.52. The van der Waals surface area contributed by atoms with Crippen molar-refractivity contribution in [3.8, 4) is 0 Å². The van der Waals surface area contributed by atoms with Crippen molar-refractivity contribution in [2.75, 3.05) is 11.4 Å². The Kier molecular flexibility index (Phi) is 5.03. The molecule has 0 atom stereocenters. The number of rotatable bonds is 6. The Labute approximate surface area is 184 Å². The van der Waals surface area contributed by atoms with Crippen LogP contribution in [0.2, 0.25) is 0 Å². The van der Waals surface area contributed by atoms with Gasteiger partial charge in [0.2, 0.25) is 0 Å². The normalized spacial score (nSPS) is 11.4. The molecule has 0 aliphatic rings. The van der Waals surface area contributed by atoms with Crippen LogP contribution < -0.4 is 4.90 Å². The molecule has 3 aromatic heterocycles. The predicted octanol–water partition coefficient (Wildman–Crippen LogP) is 5.33. The number of aromatic amines is 1. The number of imidazole rings is 1. The van der Waals surface area contributed by atoms with Gasteiger partial charge in [-0.3, -0.25) is 9.69 Å². The maximum atomic E-state index is 13.7. The standard InChI is InChI=1S/C24H23N5OS/c1-16-8-9-21-22(17(16)2)27-24(31-21)29(12-5-11-28-13-10-25-15-28)23(30)19-14-26-20-7-4-3-6-18(19)20/h3-4,6-10,13-15,26H,5,11-12H2,1-2H3. The molecular formula is C24H23N5OS. The van der Waals surface area contributed by atoms with Crippen LogP contribution in [0.15, 0.2) is 61.3 Å². The maximum absolute atomic E-state index is 13.7. The second kappa shape index (κ2) is 8.00. The number of aromatic nitrogens is 4. The summed E-state index contributed by atoms with van der Waals surface area (Å²) in [7, 11) is 0. The van der Waals surface area contributed by atoms with E-state index in [0.29, 0.717) is 12.1 Å². The lowest BCUT2D eigenvalue weighted by Gasteiger charge is -2.19. The molecule has 0 unspecified atom stereocenters. The minimum Gasteiger partial charge on any atom is -0.360 e. The molecule has 0 fully saturated rings. The first-order valence-corrected chi connectivity index (χ1v) is 11.1. The number of fused-ring (bicyclic) bond motifs is 2. The lowest BCUT2D eigenvalue weighted by molar-refractivity contribution is 0.0988. The minimum atomic E-state index is -0.0310. The van der Waals surface area contributed by atoms with Gasteiger partial charge < -0.3 is 9.55 Å². The molecule has 0 saturated heterocycles. The van der Waals surface area contributed by atoms with Crippen molar-refractivity contribution in [3.63, 3.8) is 0 Å². The van der Waals surface area contributed by atoms with E-state index < -0.39 is 0 Å². The Morgan fingerprint density at radius 1 is 1.19 bits per heavy atom. The number of para-hydroxylation sites is 1. The Morgan fingerprint density at radius 3 is 2.90 bits per heavy atom. The third-order valence-electron chi connectivity index (χ3n) is 5.73. The third kappa shape index (κ3) is 3.61. The molecule has 0 spiro atoms.